The fourth-order valence-corrected chi connectivity index (χ4v) is 2.46. The average Bonchev–Trinajstić information content (AvgIpc) is 2.47. The summed E-state index contributed by atoms with van der Waals surface area (Å²) in [4.78, 5) is 11.9. The highest BCUT2D eigenvalue weighted by Gasteiger charge is 2.13. The monoisotopic (exact) mass is 318 g/mol. The number of aryl methyl sites for hydroxylation is 1. The molecular weight excluding hydrogens is 304 g/mol. The second-order valence-corrected chi connectivity index (χ2v) is 4.97. The lowest BCUT2D eigenvalue weighted by Gasteiger charge is -2.10. The van der Waals surface area contributed by atoms with Gasteiger partial charge < -0.3 is 4.74 Å². The Morgan fingerprint density at radius 1 is 1.16 bits per heavy atom. The lowest BCUT2D eigenvalue weighted by molar-refractivity contribution is 0.0601. The molecule has 0 unspecified atom stereocenters. The summed E-state index contributed by atoms with van der Waals surface area (Å²) in [6.07, 6.45) is 0.888. The molecule has 0 aliphatic rings. The lowest BCUT2D eigenvalue weighted by Crippen LogP contribution is -2.05. The number of methoxy groups -OCH3 is 1. The molecule has 2 rings (SSSR count). The van der Waals surface area contributed by atoms with E-state index in [2.05, 4.69) is 22.0 Å². The van der Waals surface area contributed by atoms with Crippen LogP contribution in [0.3, 0.4) is 0 Å². The van der Waals surface area contributed by atoms with Gasteiger partial charge in [-0.1, -0.05) is 58.4 Å². The summed E-state index contributed by atoms with van der Waals surface area (Å²) in [7, 11) is 1.41. The number of hydrogen-bond donors (Lipinski definition) is 0. The first-order valence-electron chi connectivity index (χ1n) is 6.09. The maximum atomic E-state index is 11.9. The van der Waals surface area contributed by atoms with Crippen molar-refractivity contribution in [2.75, 3.05) is 12.4 Å². The Morgan fingerprint density at radius 3 is 2.53 bits per heavy atom. The van der Waals surface area contributed by atoms with E-state index in [1.807, 2.05) is 42.5 Å². The minimum atomic E-state index is -0.296. The van der Waals surface area contributed by atoms with Crippen LogP contribution >= 0.6 is 15.9 Å². The summed E-state index contributed by atoms with van der Waals surface area (Å²) < 4.78 is 4.88. The number of carbonyl (C=O) groups excluding carboxylic acids is 1. The Hall–Kier alpha value is -1.61. The Bertz CT molecular complexity index is 564. The molecule has 0 aliphatic heterocycles. The van der Waals surface area contributed by atoms with E-state index >= 15 is 0 Å². The summed E-state index contributed by atoms with van der Waals surface area (Å²) in [6, 6.07) is 15.8. The van der Waals surface area contributed by atoms with Crippen LogP contribution in [0.1, 0.15) is 15.9 Å². The van der Waals surface area contributed by atoms with Crippen LogP contribution in [0.5, 0.6) is 0 Å². The van der Waals surface area contributed by atoms with Gasteiger partial charge in [0.15, 0.2) is 0 Å². The van der Waals surface area contributed by atoms with Crippen molar-refractivity contribution < 1.29 is 9.53 Å². The van der Waals surface area contributed by atoms with Crippen molar-refractivity contribution in [2.24, 2.45) is 0 Å². The summed E-state index contributed by atoms with van der Waals surface area (Å²) >= 11 is 3.41. The van der Waals surface area contributed by atoms with Crippen LogP contribution in [0.25, 0.3) is 11.1 Å². The van der Waals surface area contributed by atoms with Crippen LogP contribution in [-0.4, -0.2) is 18.4 Å². The van der Waals surface area contributed by atoms with Crippen molar-refractivity contribution in [3.63, 3.8) is 0 Å². The molecule has 0 saturated carbocycles. The molecule has 2 nitrogen and oxygen atoms in total. The molecule has 2 aromatic rings. The Kier molecular flexibility index (Phi) is 4.74. The number of esters is 1. The maximum Gasteiger partial charge on any atom is 0.338 e. The number of alkyl halides is 1. The minimum Gasteiger partial charge on any atom is -0.465 e. The van der Waals surface area contributed by atoms with Crippen molar-refractivity contribution >= 4 is 21.9 Å². The molecule has 98 valence electrons. The SMILES string of the molecule is COC(=O)c1cc(CCBr)ccc1-c1ccccc1. The van der Waals surface area contributed by atoms with Crippen molar-refractivity contribution in [1.29, 1.82) is 0 Å². The summed E-state index contributed by atoms with van der Waals surface area (Å²) in [6.45, 7) is 0. The van der Waals surface area contributed by atoms with Gasteiger partial charge >= 0.3 is 5.97 Å². The van der Waals surface area contributed by atoms with Gasteiger partial charge in [-0.3, -0.25) is 0 Å². The molecule has 0 spiro atoms. The van der Waals surface area contributed by atoms with Crippen LogP contribution in [0.2, 0.25) is 0 Å². The van der Waals surface area contributed by atoms with Gasteiger partial charge in [0.25, 0.3) is 0 Å². The van der Waals surface area contributed by atoms with E-state index in [1.54, 1.807) is 0 Å². The molecular formula is C16H15BrO2. The quantitative estimate of drug-likeness (QED) is 0.627. The molecule has 0 saturated heterocycles. The molecule has 0 N–H and O–H groups in total. The van der Waals surface area contributed by atoms with Crippen LogP contribution < -0.4 is 0 Å². The zero-order valence-electron chi connectivity index (χ0n) is 10.7. The van der Waals surface area contributed by atoms with E-state index < -0.39 is 0 Å². The van der Waals surface area contributed by atoms with Gasteiger partial charge in [0.2, 0.25) is 0 Å². The highest BCUT2D eigenvalue weighted by atomic mass is 79.9. The molecule has 0 atom stereocenters. The standard InChI is InChI=1S/C16H15BrO2/c1-19-16(18)15-11-12(9-10-17)7-8-14(15)13-5-3-2-4-6-13/h2-8,11H,9-10H2,1H3. The molecule has 0 aliphatic carbocycles. The molecule has 0 aromatic heterocycles. The first-order valence-corrected chi connectivity index (χ1v) is 7.21. The van der Waals surface area contributed by atoms with Crippen LogP contribution in [-0.2, 0) is 11.2 Å². The third-order valence-corrected chi connectivity index (χ3v) is 3.35. The molecule has 0 amide bonds. The Morgan fingerprint density at radius 2 is 1.89 bits per heavy atom. The van der Waals surface area contributed by atoms with Crippen LogP contribution in [0.4, 0.5) is 0 Å². The van der Waals surface area contributed by atoms with Gasteiger partial charge in [-0.25, -0.2) is 4.79 Å². The van der Waals surface area contributed by atoms with Crippen LogP contribution in [0.15, 0.2) is 48.5 Å². The summed E-state index contributed by atoms with van der Waals surface area (Å²) in [5, 5.41) is 0.873. The van der Waals surface area contributed by atoms with Crippen molar-refractivity contribution in [1.82, 2.24) is 0 Å². The second kappa shape index (κ2) is 6.53. The molecule has 3 heteroatoms. The Balaban J connectivity index is 2.51. The number of rotatable bonds is 4. The molecule has 0 heterocycles. The molecule has 2 aromatic carbocycles. The predicted octanol–water partition coefficient (Wildman–Crippen LogP) is 4.08. The number of halogens is 1. The van der Waals surface area contributed by atoms with E-state index in [9.17, 15) is 4.79 Å². The van der Waals surface area contributed by atoms with Gasteiger partial charge in [-0.05, 0) is 29.2 Å². The summed E-state index contributed by atoms with van der Waals surface area (Å²) in [5.74, 6) is -0.296. The highest BCUT2D eigenvalue weighted by molar-refractivity contribution is 9.09. The third-order valence-electron chi connectivity index (χ3n) is 2.96. The van der Waals surface area contributed by atoms with E-state index in [4.69, 9.17) is 4.74 Å². The fourth-order valence-electron chi connectivity index (χ4n) is 2.00. The van der Waals surface area contributed by atoms with Crippen molar-refractivity contribution in [3.8, 4) is 11.1 Å². The lowest BCUT2D eigenvalue weighted by atomic mass is 9.97. The second-order valence-electron chi connectivity index (χ2n) is 4.18. The van der Waals surface area contributed by atoms with E-state index in [0.717, 1.165) is 28.4 Å². The number of hydrogen-bond acceptors (Lipinski definition) is 2. The average molecular weight is 319 g/mol. The van der Waals surface area contributed by atoms with Gasteiger partial charge in [0.1, 0.15) is 0 Å². The maximum absolute atomic E-state index is 11.9. The highest BCUT2D eigenvalue weighted by Crippen LogP contribution is 2.25. The largest absolute Gasteiger partial charge is 0.465 e. The molecule has 0 bridgehead atoms. The van der Waals surface area contributed by atoms with Crippen molar-refractivity contribution in [2.45, 2.75) is 6.42 Å². The third kappa shape index (κ3) is 3.24. The molecule has 19 heavy (non-hydrogen) atoms. The summed E-state index contributed by atoms with van der Waals surface area (Å²) in [5.41, 5.74) is 3.67. The van der Waals surface area contributed by atoms with Crippen molar-refractivity contribution in [3.05, 3.63) is 59.7 Å². The smallest absolute Gasteiger partial charge is 0.338 e. The van der Waals surface area contributed by atoms with Crippen LogP contribution in [0, 0.1) is 0 Å². The van der Waals surface area contributed by atoms with Gasteiger partial charge in [-0.2, -0.15) is 0 Å². The Labute approximate surface area is 121 Å². The van der Waals surface area contributed by atoms with E-state index in [0.29, 0.717) is 5.56 Å². The minimum absolute atomic E-state index is 0.296. The van der Waals surface area contributed by atoms with Gasteiger partial charge in [-0.15, -0.1) is 0 Å². The molecule has 0 fully saturated rings. The number of ether oxygens (including phenoxy) is 1. The van der Waals surface area contributed by atoms with Gasteiger partial charge in [0.05, 0.1) is 12.7 Å². The predicted molar refractivity (Wildman–Crippen MR) is 80.7 cm³/mol. The first kappa shape index (κ1) is 13.8. The zero-order valence-corrected chi connectivity index (χ0v) is 12.3. The molecule has 0 radical (unpaired) electrons. The van der Waals surface area contributed by atoms with E-state index in [1.165, 1.54) is 7.11 Å². The number of carbonyl (C=O) groups is 1. The first-order chi connectivity index (χ1) is 9.26. The normalized spacial score (nSPS) is 10.2. The zero-order chi connectivity index (χ0) is 13.7. The topological polar surface area (TPSA) is 26.3 Å². The van der Waals surface area contributed by atoms with Gasteiger partial charge in [0, 0.05) is 5.33 Å². The number of benzene rings is 2. The van der Waals surface area contributed by atoms with E-state index in [-0.39, 0.29) is 5.97 Å². The fraction of sp³-hybridized carbons (Fsp3) is 0.188.